The Morgan fingerprint density at radius 3 is 2.15 bits per heavy atom. The number of rotatable bonds is 6. The largest absolute Gasteiger partial charge is 0.395 e. The molecular formula is C14H30ClN3O2. The topological polar surface area (TPSA) is 69.8 Å². The van der Waals surface area contributed by atoms with Gasteiger partial charge in [0, 0.05) is 32.2 Å². The molecule has 1 aliphatic heterocycles. The highest BCUT2D eigenvalue weighted by Gasteiger charge is 2.29. The van der Waals surface area contributed by atoms with E-state index in [-0.39, 0.29) is 42.9 Å². The van der Waals surface area contributed by atoms with Gasteiger partial charge in [-0.2, -0.15) is 0 Å². The minimum atomic E-state index is -0.378. The molecule has 3 unspecified atom stereocenters. The summed E-state index contributed by atoms with van der Waals surface area (Å²) in [5.41, 5.74) is 6.00. The van der Waals surface area contributed by atoms with Crippen molar-refractivity contribution in [3.63, 3.8) is 0 Å². The lowest BCUT2D eigenvalue weighted by Gasteiger charge is -2.39. The van der Waals surface area contributed by atoms with Gasteiger partial charge in [-0.1, -0.05) is 27.2 Å². The number of hydrogen-bond donors (Lipinski definition) is 2. The predicted molar refractivity (Wildman–Crippen MR) is 84.0 cm³/mol. The van der Waals surface area contributed by atoms with E-state index in [1.165, 1.54) is 0 Å². The van der Waals surface area contributed by atoms with Gasteiger partial charge >= 0.3 is 0 Å². The predicted octanol–water partition coefficient (Wildman–Crippen LogP) is 0.697. The van der Waals surface area contributed by atoms with Crippen molar-refractivity contribution >= 4 is 18.3 Å². The molecule has 0 saturated carbocycles. The Morgan fingerprint density at radius 2 is 1.75 bits per heavy atom. The molecule has 0 spiro atoms. The van der Waals surface area contributed by atoms with E-state index < -0.39 is 0 Å². The molecule has 1 fully saturated rings. The molecule has 0 aromatic rings. The number of nitrogens with two attached hydrogens (primary N) is 1. The maximum atomic E-state index is 12.2. The molecule has 3 atom stereocenters. The van der Waals surface area contributed by atoms with Gasteiger partial charge in [-0.15, -0.1) is 12.4 Å². The second-order valence-corrected chi connectivity index (χ2v) is 5.52. The fraction of sp³-hybridized carbons (Fsp3) is 0.929. The molecule has 1 saturated heterocycles. The summed E-state index contributed by atoms with van der Waals surface area (Å²) in [6.07, 6.45) is 1.87. The first-order chi connectivity index (χ1) is 9.04. The van der Waals surface area contributed by atoms with E-state index in [0.29, 0.717) is 0 Å². The molecule has 6 heteroatoms. The van der Waals surface area contributed by atoms with E-state index in [0.717, 1.165) is 39.0 Å². The van der Waals surface area contributed by atoms with Crippen LogP contribution < -0.4 is 5.73 Å². The highest BCUT2D eigenvalue weighted by molar-refractivity contribution is 5.85. The molecule has 1 heterocycles. The van der Waals surface area contributed by atoms with Crippen molar-refractivity contribution in [3.8, 4) is 0 Å². The van der Waals surface area contributed by atoms with Crippen LogP contribution in [0.4, 0.5) is 0 Å². The van der Waals surface area contributed by atoms with Crippen LogP contribution in [-0.2, 0) is 4.79 Å². The van der Waals surface area contributed by atoms with Crippen LogP contribution in [0.3, 0.4) is 0 Å². The standard InChI is InChI=1S/C14H29N3O2.ClH/c1-4-11(3)13(15)14(19)17-8-6-16(7-9-17)12(5-2)10-18;/h11-13,18H,4-10,15H2,1-3H3;1H. The number of amides is 1. The molecule has 1 aliphatic rings. The van der Waals surface area contributed by atoms with E-state index >= 15 is 0 Å². The summed E-state index contributed by atoms with van der Waals surface area (Å²) in [4.78, 5) is 16.4. The molecule has 0 bridgehead atoms. The van der Waals surface area contributed by atoms with Crippen molar-refractivity contribution in [1.82, 2.24) is 9.80 Å². The molecule has 120 valence electrons. The lowest BCUT2D eigenvalue weighted by Crippen LogP contribution is -2.56. The zero-order valence-electron chi connectivity index (χ0n) is 12.9. The summed E-state index contributed by atoms with van der Waals surface area (Å²) in [6.45, 7) is 9.46. The van der Waals surface area contributed by atoms with Gasteiger partial charge in [0.15, 0.2) is 0 Å². The van der Waals surface area contributed by atoms with Crippen molar-refractivity contribution in [2.45, 2.75) is 45.7 Å². The lowest BCUT2D eigenvalue weighted by atomic mass is 9.98. The third kappa shape index (κ3) is 4.88. The maximum Gasteiger partial charge on any atom is 0.239 e. The van der Waals surface area contributed by atoms with Crippen molar-refractivity contribution < 1.29 is 9.90 Å². The zero-order valence-corrected chi connectivity index (χ0v) is 13.7. The SMILES string of the molecule is CCC(C)C(N)C(=O)N1CCN(C(CC)CO)CC1.Cl. The van der Waals surface area contributed by atoms with Crippen LogP contribution in [0.25, 0.3) is 0 Å². The van der Waals surface area contributed by atoms with Crippen LogP contribution in [0.2, 0.25) is 0 Å². The van der Waals surface area contributed by atoms with Crippen molar-refractivity contribution in [2.75, 3.05) is 32.8 Å². The summed E-state index contributed by atoms with van der Waals surface area (Å²) in [7, 11) is 0. The fourth-order valence-electron chi connectivity index (χ4n) is 2.52. The number of carbonyl (C=O) groups is 1. The van der Waals surface area contributed by atoms with E-state index in [1.54, 1.807) is 0 Å². The smallest absolute Gasteiger partial charge is 0.239 e. The van der Waals surface area contributed by atoms with Gasteiger partial charge in [0.25, 0.3) is 0 Å². The molecular weight excluding hydrogens is 278 g/mol. The van der Waals surface area contributed by atoms with Crippen molar-refractivity contribution in [2.24, 2.45) is 11.7 Å². The number of carbonyl (C=O) groups excluding carboxylic acids is 1. The minimum absolute atomic E-state index is 0. The molecule has 3 N–H and O–H groups in total. The van der Waals surface area contributed by atoms with Crippen LogP contribution in [0, 0.1) is 5.92 Å². The van der Waals surface area contributed by atoms with E-state index in [9.17, 15) is 9.90 Å². The first-order valence-electron chi connectivity index (χ1n) is 7.44. The lowest BCUT2D eigenvalue weighted by molar-refractivity contribution is -0.136. The van der Waals surface area contributed by atoms with Gasteiger partial charge in [0.1, 0.15) is 0 Å². The summed E-state index contributed by atoms with van der Waals surface area (Å²) in [6, 6.07) is -0.156. The molecule has 1 rings (SSSR count). The Morgan fingerprint density at radius 1 is 1.20 bits per heavy atom. The summed E-state index contributed by atoms with van der Waals surface area (Å²) >= 11 is 0. The number of nitrogens with zero attached hydrogens (tertiary/aromatic N) is 2. The Hall–Kier alpha value is -0.360. The number of hydrogen-bond acceptors (Lipinski definition) is 4. The first-order valence-corrected chi connectivity index (χ1v) is 7.44. The van der Waals surface area contributed by atoms with E-state index in [1.807, 2.05) is 11.8 Å². The monoisotopic (exact) mass is 307 g/mol. The third-order valence-electron chi connectivity index (χ3n) is 4.37. The van der Waals surface area contributed by atoms with E-state index in [4.69, 9.17) is 5.73 Å². The number of halogens is 1. The van der Waals surface area contributed by atoms with Gasteiger partial charge in [0.2, 0.25) is 5.91 Å². The summed E-state index contributed by atoms with van der Waals surface area (Å²) in [5.74, 6) is 0.303. The minimum Gasteiger partial charge on any atom is -0.395 e. The molecule has 0 radical (unpaired) electrons. The quantitative estimate of drug-likeness (QED) is 0.758. The molecule has 20 heavy (non-hydrogen) atoms. The molecule has 5 nitrogen and oxygen atoms in total. The van der Waals surface area contributed by atoms with Crippen LogP contribution in [0.1, 0.15) is 33.6 Å². The molecule has 1 amide bonds. The molecule has 0 aromatic heterocycles. The second kappa shape index (κ2) is 9.55. The number of piperazine rings is 1. The zero-order chi connectivity index (χ0) is 14.4. The Labute approximate surface area is 128 Å². The highest BCUT2D eigenvalue weighted by Crippen LogP contribution is 2.13. The van der Waals surface area contributed by atoms with Crippen LogP contribution in [0.5, 0.6) is 0 Å². The van der Waals surface area contributed by atoms with Gasteiger partial charge < -0.3 is 15.7 Å². The summed E-state index contributed by atoms with van der Waals surface area (Å²) in [5, 5.41) is 9.30. The van der Waals surface area contributed by atoms with Gasteiger partial charge in [-0.25, -0.2) is 0 Å². The highest BCUT2D eigenvalue weighted by atomic mass is 35.5. The Bertz CT molecular complexity index is 280. The Kier molecular flexibility index (Phi) is 9.38. The first kappa shape index (κ1) is 19.6. The Balaban J connectivity index is 0.00000361. The average Bonchev–Trinajstić information content (AvgIpc) is 2.47. The normalized spacial score (nSPS) is 20.9. The third-order valence-corrected chi connectivity index (χ3v) is 4.37. The van der Waals surface area contributed by atoms with E-state index in [2.05, 4.69) is 18.7 Å². The summed E-state index contributed by atoms with van der Waals surface area (Å²) < 4.78 is 0. The average molecular weight is 308 g/mol. The number of aliphatic hydroxyl groups is 1. The van der Waals surface area contributed by atoms with Crippen LogP contribution >= 0.6 is 12.4 Å². The van der Waals surface area contributed by atoms with Crippen molar-refractivity contribution in [3.05, 3.63) is 0 Å². The van der Waals surface area contributed by atoms with Gasteiger partial charge in [-0.05, 0) is 12.3 Å². The van der Waals surface area contributed by atoms with Crippen LogP contribution in [-0.4, -0.2) is 65.7 Å². The van der Waals surface area contributed by atoms with Gasteiger partial charge in [0.05, 0.1) is 12.6 Å². The van der Waals surface area contributed by atoms with Gasteiger partial charge in [-0.3, -0.25) is 9.69 Å². The number of aliphatic hydroxyl groups excluding tert-OH is 1. The fourth-order valence-corrected chi connectivity index (χ4v) is 2.52. The maximum absolute atomic E-state index is 12.2. The molecule has 0 aromatic carbocycles. The van der Waals surface area contributed by atoms with Crippen LogP contribution in [0.15, 0.2) is 0 Å². The molecule has 0 aliphatic carbocycles. The van der Waals surface area contributed by atoms with Crippen molar-refractivity contribution in [1.29, 1.82) is 0 Å². The second-order valence-electron chi connectivity index (χ2n) is 5.52.